The SMILES string of the molecule is CN(C)C(=O)C1(C(=O)O)SC(c2ccco2)=CC=C1C(=O)O. The zero-order valence-electron chi connectivity index (χ0n) is 11.8. The van der Waals surface area contributed by atoms with Crippen molar-refractivity contribution < 1.29 is 29.0 Å². The van der Waals surface area contributed by atoms with E-state index in [1.54, 1.807) is 12.1 Å². The molecule has 7 nitrogen and oxygen atoms in total. The molecule has 1 unspecified atom stereocenters. The summed E-state index contributed by atoms with van der Waals surface area (Å²) in [6.45, 7) is 0. The van der Waals surface area contributed by atoms with Crippen LogP contribution < -0.4 is 0 Å². The zero-order valence-corrected chi connectivity index (χ0v) is 12.6. The number of nitrogens with zero attached hydrogens (tertiary/aromatic N) is 1. The van der Waals surface area contributed by atoms with Crippen LogP contribution in [0.5, 0.6) is 0 Å². The van der Waals surface area contributed by atoms with Crippen molar-refractivity contribution in [2.45, 2.75) is 4.75 Å². The van der Waals surface area contributed by atoms with Crippen molar-refractivity contribution in [3.63, 3.8) is 0 Å². The number of carboxylic acids is 2. The van der Waals surface area contributed by atoms with Gasteiger partial charge in [-0.3, -0.25) is 4.79 Å². The van der Waals surface area contributed by atoms with Crippen molar-refractivity contribution in [3.8, 4) is 0 Å². The summed E-state index contributed by atoms with van der Waals surface area (Å²) in [6, 6.07) is 3.22. The van der Waals surface area contributed by atoms with Gasteiger partial charge in [-0.2, -0.15) is 0 Å². The fourth-order valence-corrected chi connectivity index (χ4v) is 3.33. The molecular weight excluding hydrogens is 310 g/mol. The Morgan fingerprint density at radius 3 is 2.36 bits per heavy atom. The minimum atomic E-state index is -2.26. The van der Waals surface area contributed by atoms with Crippen LogP contribution in [-0.2, 0) is 14.4 Å². The predicted octanol–water partition coefficient (Wildman–Crippen LogP) is 1.29. The first-order valence-electron chi connectivity index (χ1n) is 6.14. The van der Waals surface area contributed by atoms with Crippen molar-refractivity contribution in [2.24, 2.45) is 0 Å². The molecule has 0 radical (unpaired) electrons. The van der Waals surface area contributed by atoms with Gasteiger partial charge in [0.1, 0.15) is 5.76 Å². The maximum absolute atomic E-state index is 12.5. The Hall–Kier alpha value is -2.48. The highest BCUT2D eigenvalue weighted by Gasteiger charge is 2.56. The summed E-state index contributed by atoms with van der Waals surface area (Å²) >= 11 is 0.645. The zero-order chi connectivity index (χ0) is 16.5. The number of allylic oxidation sites excluding steroid dienone is 2. The molecular formula is C14H13NO6S. The van der Waals surface area contributed by atoms with Crippen molar-refractivity contribution >= 4 is 34.5 Å². The summed E-state index contributed by atoms with van der Waals surface area (Å²) in [4.78, 5) is 37.1. The summed E-state index contributed by atoms with van der Waals surface area (Å²) in [5, 5.41) is 18.9. The highest BCUT2D eigenvalue weighted by atomic mass is 32.2. The van der Waals surface area contributed by atoms with E-state index in [1.807, 2.05) is 0 Å². The Morgan fingerprint density at radius 1 is 1.23 bits per heavy atom. The lowest BCUT2D eigenvalue weighted by Gasteiger charge is -2.32. The molecule has 1 aromatic heterocycles. The summed E-state index contributed by atoms with van der Waals surface area (Å²) in [6.07, 6.45) is 3.96. The lowest BCUT2D eigenvalue weighted by molar-refractivity contribution is -0.148. The number of amides is 1. The topological polar surface area (TPSA) is 108 Å². The fraction of sp³-hybridized carbons (Fsp3) is 0.214. The van der Waals surface area contributed by atoms with E-state index in [2.05, 4.69) is 0 Å². The van der Waals surface area contributed by atoms with Gasteiger partial charge < -0.3 is 19.5 Å². The second kappa shape index (κ2) is 5.72. The van der Waals surface area contributed by atoms with E-state index in [4.69, 9.17) is 4.42 Å². The highest BCUT2D eigenvalue weighted by molar-refractivity contribution is 8.11. The fourth-order valence-electron chi connectivity index (χ4n) is 2.03. The first kappa shape index (κ1) is 15.9. The third-order valence-corrected chi connectivity index (χ3v) is 4.48. The molecule has 2 rings (SSSR count). The van der Waals surface area contributed by atoms with Gasteiger partial charge in [-0.05, 0) is 24.3 Å². The molecule has 8 heteroatoms. The summed E-state index contributed by atoms with van der Waals surface area (Å²) < 4.78 is 2.94. The van der Waals surface area contributed by atoms with Crippen LogP contribution in [0.1, 0.15) is 5.76 Å². The molecule has 0 aliphatic carbocycles. The van der Waals surface area contributed by atoms with Gasteiger partial charge in [0, 0.05) is 14.1 Å². The first-order valence-corrected chi connectivity index (χ1v) is 6.96. The molecule has 22 heavy (non-hydrogen) atoms. The normalized spacial score (nSPS) is 20.8. The molecule has 1 aromatic rings. The minimum Gasteiger partial charge on any atom is -0.480 e. The maximum Gasteiger partial charge on any atom is 0.334 e. The van der Waals surface area contributed by atoms with Crippen LogP contribution in [-0.4, -0.2) is 51.8 Å². The molecule has 1 amide bonds. The Balaban J connectivity index is 2.63. The number of carboxylic acid groups (broad SMARTS) is 2. The Morgan fingerprint density at radius 2 is 1.91 bits per heavy atom. The van der Waals surface area contributed by atoms with Gasteiger partial charge in [0.25, 0.3) is 5.91 Å². The molecule has 2 N–H and O–H groups in total. The van der Waals surface area contributed by atoms with Crippen molar-refractivity contribution in [3.05, 3.63) is 41.9 Å². The molecule has 0 bridgehead atoms. The van der Waals surface area contributed by atoms with Crippen LogP contribution >= 0.6 is 11.8 Å². The molecule has 0 spiro atoms. The Kier molecular flexibility index (Phi) is 4.14. The van der Waals surface area contributed by atoms with E-state index in [9.17, 15) is 24.6 Å². The molecule has 0 fully saturated rings. The van der Waals surface area contributed by atoms with Crippen molar-refractivity contribution in [2.75, 3.05) is 14.1 Å². The van der Waals surface area contributed by atoms with Crippen LogP contribution in [0.15, 0.2) is 40.5 Å². The molecule has 1 aliphatic heterocycles. The molecule has 1 aliphatic rings. The van der Waals surface area contributed by atoms with Crippen molar-refractivity contribution in [1.82, 2.24) is 4.90 Å². The van der Waals surface area contributed by atoms with Gasteiger partial charge in [-0.1, -0.05) is 11.8 Å². The van der Waals surface area contributed by atoms with E-state index in [-0.39, 0.29) is 0 Å². The van der Waals surface area contributed by atoms with E-state index < -0.39 is 28.2 Å². The molecule has 116 valence electrons. The quantitative estimate of drug-likeness (QED) is 0.804. The second-order valence-corrected chi connectivity index (χ2v) is 5.94. The van der Waals surface area contributed by atoms with Crippen LogP contribution in [0, 0.1) is 0 Å². The lowest BCUT2D eigenvalue weighted by atomic mass is 9.95. The molecule has 1 atom stereocenters. The summed E-state index contributed by atoms with van der Waals surface area (Å²) in [5.74, 6) is -3.47. The van der Waals surface area contributed by atoms with Gasteiger partial charge in [0.15, 0.2) is 0 Å². The second-order valence-electron chi connectivity index (χ2n) is 4.68. The molecule has 0 saturated heterocycles. The minimum absolute atomic E-state index is 0.364. The highest BCUT2D eigenvalue weighted by Crippen LogP contribution is 2.47. The number of hydrogen-bond acceptors (Lipinski definition) is 5. The van der Waals surface area contributed by atoms with E-state index >= 15 is 0 Å². The first-order chi connectivity index (χ1) is 10.3. The van der Waals surface area contributed by atoms with Gasteiger partial charge in [-0.15, -0.1) is 0 Å². The Labute approximate surface area is 129 Å². The number of carbonyl (C=O) groups excluding carboxylic acids is 1. The lowest BCUT2D eigenvalue weighted by Crippen LogP contribution is -2.53. The average molecular weight is 323 g/mol. The number of rotatable bonds is 4. The third-order valence-electron chi connectivity index (χ3n) is 3.05. The molecule has 0 aromatic carbocycles. The van der Waals surface area contributed by atoms with Crippen LogP contribution in [0.3, 0.4) is 0 Å². The maximum atomic E-state index is 12.5. The monoisotopic (exact) mass is 323 g/mol. The van der Waals surface area contributed by atoms with E-state index in [0.29, 0.717) is 22.4 Å². The van der Waals surface area contributed by atoms with Crippen LogP contribution in [0.2, 0.25) is 0 Å². The smallest absolute Gasteiger partial charge is 0.334 e. The van der Waals surface area contributed by atoms with Crippen LogP contribution in [0.4, 0.5) is 0 Å². The van der Waals surface area contributed by atoms with E-state index in [1.165, 1.54) is 26.4 Å². The Bertz CT molecular complexity index is 688. The van der Waals surface area contributed by atoms with E-state index in [0.717, 1.165) is 11.0 Å². The molecule has 0 saturated carbocycles. The van der Waals surface area contributed by atoms with Gasteiger partial charge in [0.2, 0.25) is 4.75 Å². The number of furan rings is 1. The summed E-state index contributed by atoms with van der Waals surface area (Å²) in [5.41, 5.74) is -0.501. The van der Waals surface area contributed by atoms with Crippen LogP contribution in [0.25, 0.3) is 4.91 Å². The number of carbonyl (C=O) groups is 3. The average Bonchev–Trinajstić information content (AvgIpc) is 2.99. The molecule has 2 heterocycles. The van der Waals surface area contributed by atoms with Crippen molar-refractivity contribution in [1.29, 1.82) is 0 Å². The standard InChI is InChI=1S/C14H13NO6S/c1-15(2)12(18)14(13(19)20)8(11(16)17)5-6-10(22-14)9-4-3-7-21-9/h3-7H,1-2H3,(H,16,17)(H,19,20). The van der Waals surface area contributed by atoms with Gasteiger partial charge >= 0.3 is 11.9 Å². The third kappa shape index (κ3) is 2.41. The number of hydrogen-bond donors (Lipinski definition) is 2. The predicted molar refractivity (Wildman–Crippen MR) is 79.1 cm³/mol. The number of thioether (sulfide) groups is 1. The summed E-state index contributed by atoms with van der Waals surface area (Å²) in [7, 11) is 2.75. The van der Waals surface area contributed by atoms with Gasteiger partial charge in [-0.25, -0.2) is 9.59 Å². The largest absolute Gasteiger partial charge is 0.480 e. The number of aliphatic carboxylic acids is 2. The van der Waals surface area contributed by atoms with Gasteiger partial charge in [0.05, 0.1) is 16.7 Å².